The number of sulfonamides is 1. The van der Waals surface area contributed by atoms with Crippen molar-refractivity contribution in [2.75, 3.05) is 15.9 Å². The number of benzene rings is 2. The normalized spacial score (nSPS) is 12.4. The Morgan fingerprint density at radius 1 is 1.20 bits per heavy atom. The molecule has 3 aromatic rings. The van der Waals surface area contributed by atoms with Crippen LogP contribution in [0.2, 0.25) is 5.02 Å². The summed E-state index contributed by atoms with van der Waals surface area (Å²) < 4.78 is 26.1. The van der Waals surface area contributed by atoms with Gasteiger partial charge in [0, 0.05) is 10.6 Å². The number of carbonyl (C=O) groups is 1. The molecular formula is C20H21ClN4O3S2. The smallest absolute Gasteiger partial charge is 0.250 e. The second-order valence-corrected chi connectivity index (χ2v) is 10.0. The van der Waals surface area contributed by atoms with Crippen molar-refractivity contribution < 1.29 is 13.2 Å². The van der Waals surface area contributed by atoms with E-state index in [0.717, 1.165) is 21.7 Å². The average Bonchev–Trinajstić information content (AvgIpc) is 3.13. The Kier molecular flexibility index (Phi) is 6.74. The van der Waals surface area contributed by atoms with E-state index in [1.807, 2.05) is 31.2 Å². The maximum atomic E-state index is 13.0. The van der Waals surface area contributed by atoms with E-state index in [-0.39, 0.29) is 6.42 Å². The van der Waals surface area contributed by atoms with E-state index < -0.39 is 22.0 Å². The van der Waals surface area contributed by atoms with Crippen LogP contribution in [0.4, 0.5) is 10.8 Å². The minimum atomic E-state index is -3.74. The minimum absolute atomic E-state index is 0.259. The number of amides is 1. The van der Waals surface area contributed by atoms with Crippen LogP contribution in [0.25, 0.3) is 10.6 Å². The lowest BCUT2D eigenvalue weighted by atomic mass is 10.2. The van der Waals surface area contributed by atoms with Gasteiger partial charge in [-0.05, 0) is 31.5 Å². The molecule has 1 aromatic heterocycles. The Morgan fingerprint density at radius 3 is 2.50 bits per heavy atom. The van der Waals surface area contributed by atoms with Crippen LogP contribution in [-0.4, -0.2) is 36.8 Å². The summed E-state index contributed by atoms with van der Waals surface area (Å²) in [4.78, 5) is 13.0. The summed E-state index contributed by atoms with van der Waals surface area (Å²) in [5.74, 6) is -0.491. The number of hydrogen-bond donors (Lipinski definition) is 1. The van der Waals surface area contributed by atoms with E-state index in [1.54, 1.807) is 25.1 Å². The van der Waals surface area contributed by atoms with Crippen molar-refractivity contribution in [2.24, 2.45) is 0 Å². The molecule has 0 spiro atoms. The summed E-state index contributed by atoms with van der Waals surface area (Å²) in [7, 11) is -3.74. The number of nitrogens with one attached hydrogen (secondary N) is 1. The highest BCUT2D eigenvalue weighted by Crippen LogP contribution is 2.29. The van der Waals surface area contributed by atoms with Crippen LogP contribution in [0.1, 0.15) is 18.9 Å². The highest BCUT2D eigenvalue weighted by atomic mass is 35.5. The molecule has 2 aromatic carbocycles. The van der Waals surface area contributed by atoms with E-state index in [4.69, 9.17) is 11.6 Å². The molecule has 7 nitrogen and oxygen atoms in total. The lowest BCUT2D eigenvalue weighted by molar-refractivity contribution is -0.117. The molecule has 0 unspecified atom stereocenters. The van der Waals surface area contributed by atoms with Gasteiger partial charge in [-0.25, -0.2) is 8.42 Å². The van der Waals surface area contributed by atoms with Crippen molar-refractivity contribution >= 4 is 49.7 Å². The fourth-order valence-electron chi connectivity index (χ4n) is 2.95. The third-order valence-electron chi connectivity index (χ3n) is 4.35. The first kappa shape index (κ1) is 22.2. The monoisotopic (exact) mass is 464 g/mol. The van der Waals surface area contributed by atoms with E-state index in [1.165, 1.54) is 17.4 Å². The topological polar surface area (TPSA) is 92.3 Å². The van der Waals surface area contributed by atoms with Gasteiger partial charge >= 0.3 is 0 Å². The van der Waals surface area contributed by atoms with Crippen LogP contribution in [0.5, 0.6) is 0 Å². The van der Waals surface area contributed by atoms with Gasteiger partial charge in [0.05, 0.1) is 11.9 Å². The molecule has 0 saturated heterocycles. The number of aryl methyl sites for hydroxylation is 1. The molecule has 1 amide bonds. The summed E-state index contributed by atoms with van der Waals surface area (Å²) in [6.07, 6.45) is 1.32. The summed E-state index contributed by atoms with van der Waals surface area (Å²) in [5.41, 5.74) is 2.34. The van der Waals surface area contributed by atoms with Gasteiger partial charge in [0.25, 0.3) is 0 Å². The maximum absolute atomic E-state index is 13.0. The summed E-state index contributed by atoms with van der Waals surface area (Å²) in [6, 6.07) is 13.2. The van der Waals surface area contributed by atoms with Crippen molar-refractivity contribution in [1.29, 1.82) is 0 Å². The van der Waals surface area contributed by atoms with Crippen LogP contribution in [-0.2, 0) is 14.8 Å². The number of hydrogen-bond acceptors (Lipinski definition) is 6. The first-order valence-electron chi connectivity index (χ1n) is 9.15. The molecule has 30 heavy (non-hydrogen) atoms. The molecule has 0 aliphatic rings. The largest absolute Gasteiger partial charge is 0.299 e. The van der Waals surface area contributed by atoms with Gasteiger partial charge in [-0.15, -0.1) is 10.2 Å². The zero-order valence-electron chi connectivity index (χ0n) is 16.7. The van der Waals surface area contributed by atoms with Gasteiger partial charge in [-0.2, -0.15) is 0 Å². The molecule has 0 aliphatic carbocycles. The molecular weight excluding hydrogens is 444 g/mol. The molecule has 1 atom stereocenters. The summed E-state index contributed by atoms with van der Waals surface area (Å²) in [6.45, 7) is 3.73. The maximum Gasteiger partial charge on any atom is 0.250 e. The number of nitrogens with zero attached hydrogens (tertiary/aromatic N) is 3. The highest BCUT2D eigenvalue weighted by Gasteiger charge is 2.32. The average molecular weight is 465 g/mol. The molecule has 1 N–H and O–H groups in total. The third-order valence-corrected chi connectivity index (χ3v) is 6.65. The van der Waals surface area contributed by atoms with Crippen LogP contribution in [0.15, 0.2) is 48.5 Å². The molecule has 3 rings (SSSR count). The van der Waals surface area contributed by atoms with Gasteiger partial charge in [0.1, 0.15) is 11.0 Å². The highest BCUT2D eigenvalue weighted by molar-refractivity contribution is 7.92. The van der Waals surface area contributed by atoms with Gasteiger partial charge in [-0.3, -0.25) is 14.4 Å². The number of anilines is 2. The molecule has 0 saturated carbocycles. The SMILES string of the molecule is CC[C@@H](C(=O)Nc1nnc(-c2ccc(C)cc2)s1)N(c1cccc(Cl)c1)S(C)(=O)=O. The predicted octanol–water partition coefficient (Wildman–Crippen LogP) is 4.35. The van der Waals surface area contributed by atoms with Crippen LogP contribution in [0, 0.1) is 6.92 Å². The van der Waals surface area contributed by atoms with Gasteiger partial charge in [-0.1, -0.05) is 65.8 Å². The number of aromatic nitrogens is 2. The summed E-state index contributed by atoms with van der Waals surface area (Å²) >= 11 is 7.25. The van der Waals surface area contributed by atoms with Crippen LogP contribution in [0.3, 0.4) is 0 Å². The van der Waals surface area contributed by atoms with Gasteiger partial charge in [0.2, 0.25) is 21.1 Å². The lowest BCUT2D eigenvalue weighted by Crippen LogP contribution is -2.47. The zero-order chi connectivity index (χ0) is 21.9. The fourth-order valence-corrected chi connectivity index (χ4v) is 5.09. The Morgan fingerprint density at radius 2 is 1.90 bits per heavy atom. The predicted molar refractivity (Wildman–Crippen MR) is 122 cm³/mol. The van der Waals surface area contributed by atoms with Crippen molar-refractivity contribution in [2.45, 2.75) is 26.3 Å². The first-order chi connectivity index (χ1) is 14.2. The Hall–Kier alpha value is -2.49. The number of rotatable bonds is 7. The van der Waals surface area contributed by atoms with E-state index in [2.05, 4.69) is 15.5 Å². The van der Waals surface area contributed by atoms with Crippen LogP contribution < -0.4 is 9.62 Å². The molecule has 158 valence electrons. The second-order valence-electron chi connectivity index (χ2n) is 6.73. The third kappa shape index (κ3) is 5.16. The first-order valence-corrected chi connectivity index (χ1v) is 12.2. The minimum Gasteiger partial charge on any atom is -0.299 e. The van der Waals surface area contributed by atoms with E-state index >= 15 is 0 Å². The Labute approximate surface area is 184 Å². The molecule has 0 fully saturated rings. The lowest BCUT2D eigenvalue weighted by Gasteiger charge is -2.29. The van der Waals surface area contributed by atoms with E-state index in [9.17, 15) is 13.2 Å². The Bertz CT molecular complexity index is 1150. The van der Waals surface area contributed by atoms with E-state index in [0.29, 0.717) is 20.8 Å². The quantitative estimate of drug-likeness (QED) is 0.561. The van der Waals surface area contributed by atoms with Crippen molar-refractivity contribution in [3.8, 4) is 10.6 Å². The Balaban J connectivity index is 1.85. The number of carbonyl (C=O) groups excluding carboxylic acids is 1. The fraction of sp³-hybridized carbons (Fsp3) is 0.250. The zero-order valence-corrected chi connectivity index (χ0v) is 19.1. The molecule has 0 radical (unpaired) electrons. The van der Waals surface area contributed by atoms with Gasteiger partial charge < -0.3 is 0 Å². The molecule has 0 bridgehead atoms. The molecule has 1 heterocycles. The van der Waals surface area contributed by atoms with Gasteiger partial charge in [0.15, 0.2) is 0 Å². The van der Waals surface area contributed by atoms with Crippen molar-refractivity contribution in [3.05, 3.63) is 59.1 Å². The van der Waals surface area contributed by atoms with Crippen LogP contribution >= 0.6 is 22.9 Å². The van der Waals surface area contributed by atoms with Crippen molar-refractivity contribution in [1.82, 2.24) is 10.2 Å². The number of halogens is 1. The summed E-state index contributed by atoms with van der Waals surface area (Å²) in [5, 5.41) is 12.2. The molecule has 0 aliphatic heterocycles. The standard InChI is InChI=1S/C20H21ClN4O3S2/c1-4-17(25(30(3,27)28)16-7-5-6-15(21)12-16)18(26)22-20-24-23-19(29-20)14-10-8-13(2)9-11-14/h5-12,17H,4H2,1-3H3,(H,22,24,26)/t17-/m0/s1. The van der Waals surface area contributed by atoms with Crippen molar-refractivity contribution in [3.63, 3.8) is 0 Å². The molecule has 10 heteroatoms. The second kappa shape index (κ2) is 9.11.